The zero-order valence-corrected chi connectivity index (χ0v) is 40.5. The van der Waals surface area contributed by atoms with Crippen molar-refractivity contribution in [2.45, 2.75) is 150 Å². The van der Waals surface area contributed by atoms with Gasteiger partial charge in [0.2, 0.25) is 0 Å². The molecule has 0 aromatic heterocycles. The molecule has 64 heavy (non-hydrogen) atoms. The van der Waals surface area contributed by atoms with Crippen LogP contribution < -0.4 is 4.90 Å². The molecule has 4 saturated carbocycles. The van der Waals surface area contributed by atoms with E-state index < -0.39 is 0 Å². The Morgan fingerprint density at radius 1 is 0.375 bits per heavy atom. The van der Waals surface area contributed by atoms with Crippen molar-refractivity contribution in [1.82, 2.24) is 0 Å². The van der Waals surface area contributed by atoms with Crippen molar-refractivity contribution in [2.24, 2.45) is 23.7 Å². The predicted octanol–water partition coefficient (Wildman–Crippen LogP) is 17.4. The number of fused-ring (bicyclic) bond motifs is 4. The van der Waals surface area contributed by atoms with E-state index in [0.29, 0.717) is 11.8 Å². The summed E-state index contributed by atoms with van der Waals surface area (Å²) in [5.41, 5.74) is 19.0. The Labute approximate surface area is 388 Å². The SMILES string of the molecule is CC1(C)CCC(C)(C)c2cc(-c3ccc(N(c4ccc(-c5ccc6c(c5)C(C)(C)CCC6(C)C)cc4)c4ccc5c(c4)C4(c6ccccc6S5)C5CC6CC(C5)CC4C6)cc3)ccc21. The fraction of sp³-hybridized carbons (Fsp3) is 0.419. The first-order valence-corrected chi connectivity index (χ1v) is 25.7. The van der Waals surface area contributed by atoms with Crippen molar-refractivity contribution in [2.75, 3.05) is 4.90 Å². The van der Waals surface area contributed by atoms with Gasteiger partial charge < -0.3 is 4.90 Å². The van der Waals surface area contributed by atoms with Crippen LogP contribution in [0.2, 0.25) is 0 Å². The molecule has 4 fully saturated rings. The quantitative estimate of drug-likeness (QED) is 0.170. The minimum Gasteiger partial charge on any atom is -0.310 e. The molecule has 0 atom stereocenters. The highest BCUT2D eigenvalue weighted by Crippen LogP contribution is 2.69. The van der Waals surface area contributed by atoms with E-state index in [4.69, 9.17) is 0 Å². The normalized spacial score (nSPS) is 27.0. The number of anilines is 3. The number of nitrogens with zero attached hydrogens (tertiary/aromatic N) is 1. The van der Waals surface area contributed by atoms with Gasteiger partial charge in [0.1, 0.15) is 0 Å². The molecule has 13 rings (SSSR count). The van der Waals surface area contributed by atoms with E-state index in [9.17, 15) is 0 Å². The first-order valence-electron chi connectivity index (χ1n) is 24.8. The molecule has 0 amide bonds. The van der Waals surface area contributed by atoms with E-state index >= 15 is 0 Å². The first kappa shape index (κ1) is 40.9. The molecule has 6 aromatic carbocycles. The van der Waals surface area contributed by atoms with E-state index in [-0.39, 0.29) is 27.1 Å². The average molecular weight is 858 g/mol. The molecule has 0 unspecified atom stereocenters. The lowest BCUT2D eigenvalue weighted by Gasteiger charge is -2.63. The zero-order valence-electron chi connectivity index (χ0n) is 39.7. The molecule has 1 nitrogen and oxygen atoms in total. The van der Waals surface area contributed by atoms with Gasteiger partial charge in [-0.3, -0.25) is 0 Å². The van der Waals surface area contributed by atoms with Crippen LogP contribution in [-0.4, -0.2) is 0 Å². The van der Waals surface area contributed by atoms with Crippen molar-refractivity contribution >= 4 is 28.8 Å². The van der Waals surface area contributed by atoms with Gasteiger partial charge in [-0.05, 0) is 207 Å². The maximum Gasteiger partial charge on any atom is 0.0465 e. The Bertz CT molecular complexity index is 2670. The number of hydrogen-bond acceptors (Lipinski definition) is 2. The highest BCUT2D eigenvalue weighted by molar-refractivity contribution is 7.99. The first-order chi connectivity index (χ1) is 30.6. The molecular formula is C62H67NS. The lowest BCUT2D eigenvalue weighted by atomic mass is 9.42. The second-order valence-electron chi connectivity index (χ2n) is 23.9. The van der Waals surface area contributed by atoms with Crippen LogP contribution in [0.4, 0.5) is 17.1 Å². The molecule has 326 valence electrons. The number of hydrogen-bond donors (Lipinski definition) is 0. The second-order valence-corrected chi connectivity index (χ2v) is 25.0. The van der Waals surface area contributed by atoms with Crippen molar-refractivity contribution < 1.29 is 0 Å². The van der Waals surface area contributed by atoms with Crippen LogP contribution in [0.5, 0.6) is 0 Å². The van der Waals surface area contributed by atoms with Crippen LogP contribution in [0.3, 0.4) is 0 Å². The summed E-state index contributed by atoms with van der Waals surface area (Å²) in [6.07, 6.45) is 11.9. The maximum atomic E-state index is 2.66. The summed E-state index contributed by atoms with van der Waals surface area (Å²) in [7, 11) is 0. The van der Waals surface area contributed by atoms with Crippen LogP contribution in [0, 0.1) is 23.7 Å². The molecule has 6 aliphatic carbocycles. The molecule has 1 spiro atoms. The average Bonchev–Trinajstić information content (AvgIpc) is 3.28. The summed E-state index contributed by atoms with van der Waals surface area (Å²) in [5, 5.41) is 0. The fourth-order valence-corrected chi connectivity index (χ4v) is 15.8. The van der Waals surface area contributed by atoms with E-state index in [0.717, 1.165) is 11.8 Å². The van der Waals surface area contributed by atoms with Crippen LogP contribution in [0.1, 0.15) is 147 Å². The van der Waals surface area contributed by atoms with Crippen molar-refractivity contribution in [3.8, 4) is 22.3 Å². The van der Waals surface area contributed by atoms with Gasteiger partial charge in [-0.15, -0.1) is 0 Å². The monoisotopic (exact) mass is 857 g/mol. The molecular weight excluding hydrogens is 791 g/mol. The lowest BCUT2D eigenvalue weighted by molar-refractivity contribution is -0.0443. The highest BCUT2D eigenvalue weighted by atomic mass is 32.2. The van der Waals surface area contributed by atoms with Crippen molar-refractivity contribution in [3.05, 3.63) is 161 Å². The molecule has 4 bridgehead atoms. The minimum absolute atomic E-state index is 0.0869. The van der Waals surface area contributed by atoms with Crippen LogP contribution in [-0.2, 0) is 27.1 Å². The van der Waals surface area contributed by atoms with Gasteiger partial charge in [0.25, 0.3) is 0 Å². The predicted molar refractivity (Wildman–Crippen MR) is 271 cm³/mol. The van der Waals surface area contributed by atoms with Crippen molar-refractivity contribution in [3.63, 3.8) is 0 Å². The molecule has 0 N–H and O–H groups in total. The van der Waals surface area contributed by atoms with Crippen molar-refractivity contribution in [1.29, 1.82) is 0 Å². The minimum atomic E-state index is 0.0869. The van der Waals surface area contributed by atoms with Gasteiger partial charge >= 0.3 is 0 Å². The molecule has 0 saturated heterocycles. The third-order valence-corrected chi connectivity index (χ3v) is 19.4. The fourth-order valence-electron chi connectivity index (χ4n) is 14.6. The third-order valence-electron chi connectivity index (χ3n) is 18.3. The molecule has 6 aromatic rings. The lowest BCUT2D eigenvalue weighted by Crippen LogP contribution is -2.57. The molecule has 1 aliphatic heterocycles. The van der Waals surface area contributed by atoms with E-state index in [1.165, 1.54) is 129 Å². The Balaban J connectivity index is 0.975. The standard InChI is InChI=1S/C62H67NS/c1-58(2)27-29-60(5,6)53-36-43(17-24-50(53)58)41-13-19-47(20-14-41)63(48-21-15-42(16-22-48)44-18-25-51-54(37-44)61(7,8)30-28-59(51,3)4)49-23-26-57-55(38-49)62(52-11-9-10-12-56(52)64-57)45-32-39-31-40(34-45)35-46(62)33-39/h9-26,36-40,45-46H,27-35H2,1-8H3. The molecule has 2 heteroatoms. The smallest absolute Gasteiger partial charge is 0.0465 e. The molecule has 0 radical (unpaired) electrons. The third kappa shape index (κ3) is 6.23. The van der Waals surface area contributed by atoms with Crippen LogP contribution in [0.15, 0.2) is 137 Å². The van der Waals surface area contributed by atoms with Crippen LogP contribution >= 0.6 is 11.8 Å². The summed E-state index contributed by atoms with van der Waals surface area (Å²) in [6, 6.07) is 50.7. The Hall–Kier alpha value is -4.53. The Kier molecular flexibility index (Phi) is 9.11. The summed E-state index contributed by atoms with van der Waals surface area (Å²) in [4.78, 5) is 5.51. The van der Waals surface area contributed by atoms with Crippen LogP contribution in [0.25, 0.3) is 22.3 Å². The summed E-state index contributed by atoms with van der Waals surface area (Å²) in [6.45, 7) is 19.4. The van der Waals surface area contributed by atoms with Gasteiger partial charge in [-0.2, -0.15) is 0 Å². The van der Waals surface area contributed by atoms with E-state index in [1.807, 2.05) is 11.8 Å². The molecule has 7 aliphatic rings. The van der Waals surface area contributed by atoms with E-state index in [2.05, 4.69) is 188 Å². The second kappa shape index (κ2) is 14.2. The van der Waals surface area contributed by atoms with Gasteiger partial charge in [0.05, 0.1) is 0 Å². The maximum absolute atomic E-state index is 2.66. The number of benzene rings is 6. The van der Waals surface area contributed by atoms with Gasteiger partial charge in [0.15, 0.2) is 0 Å². The van der Waals surface area contributed by atoms with E-state index in [1.54, 1.807) is 11.1 Å². The molecule has 1 heterocycles. The zero-order chi connectivity index (χ0) is 44.0. The Morgan fingerprint density at radius 2 is 0.797 bits per heavy atom. The summed E-state index contributed by atoms with van der Waals surface area (Å²) < 4.78 is 0. The van der Waals surface area contributed by atoms with Gasteiger partial charge in [-0.1, -0.05) is 146 Å². The summed E-state index contributed by atoms with van der Waals surface area (Å²) in [5.74, 6) is 3.25. The Morgan fingerprint density at radius 3 is 1.30 bits per heavy atom. The highest BCUT2D eigenvalue weighted by Gasteiger charge is 2.60. The number of rotatable bonds is 5. The summed E-state index contributed by atoms with van der Waals surface area (Å²) >= 11 is 2.01. The largest absolute Gasteiger partial charge is 0.310 e. The van der Waals surface area contributed by atoms with Gasteiger partial charge in [-0.25, -0.2) is 0 Å². The topological polar surface area (TPSA) is 3.24 Å². The van der Waals surface area contributed by atoms with Gasteiger partial charge in [0, 0.05) is 32.3 Å².